The molecule has 2 aromatic rings. The summed E-state index contributed by atoms with van der Waals surface area (Å²) in [4.78, 5) is 12.7. The Morgan fingerprint density at radius 2 is 2.04 bits per heavy atom. The summed E-state index contributed by atoms with van der Waals surface area (Å²) < 4.78 is 7.88. The second-order valence-electron chi connectivity index (χ2n) is 7.24. The van der Waals surface area contributed by atoms with Gasteiger partial charge in [0.2, 0.25) is 0 Å². The molecule has 0 aliphatic carbocycles. The quantitative estimate of drug-likeness (QED) is 0.874. The maximum atomic E-state index is 12.7. The Labute approximate surface area is 153 Å². The van der Waals surface area contributed by atoms with Crippen molar-refractivity contribution in [3.8, 4) is 11.5 Å². The van der Waals surface area contributed by atoms with Crippen molar-refractivity contribution in [2.45, 2.75) is 59.6 Å². The van der Waals surface area contributed by atoms with Gasteiger partial charge in [-0.25, -0.2) is 0 Å². The third-order valence-corrected chi connectivity index (χ3v) is 5.28. The van der Waals surface area contributed by atoms with Crippen LogP contribution in [0.4, 0.5) is 0 Å². The average Bonchev–Trinajstić information content (AvgIpc) is 3.03. The van der Waals surface area contributed by atoms with Gasteiger partial charge in [-0.15, -0.1) is 5.10 Å². The van der Waals surface area contributed by atoms with Crippen molar-refractivity contribution in [1.29, 1.82) is 0 Å². The first-order valence-electron chi connectivity index (χ1n) is 8.88. The molecular formula is C19H26N4O3. The monoisotopic (exact) mass is 358 g/mol. The number of aryl methyl sites for hydroxylation is 1. The minimum atomic E-state index is -0.925. The van der Waals surface area contributed by atoms with Gasteiger partial charge < -0.3 is 15.2 Å². The van der Waals surface area contributed by atoms with Crippen molar-refractivity contribution < 1.29 is 14.6 Å². The van der Waals surface area contributed by atoms with E-state index in [1.165, 1.54) is 0 Å². The number of amides is 1. The number of aromatic nitrogens is 3. The zero-order chi connectivity index (χ0) is 19.1. The molecule has 1 unspecified atom stereocenters. The number of benzene rings is 1. The van der Waals surface area contributed by atoms with Crippen LogP contribution in [0.15, 0.2) is 6.20 Å². The maximum absolute atomic E-state index is 12.7. The van der Waals surface area contributed by atoms with E-state index in [1.807, 2.05) is 40.8 Å². The Bertz CT molecular complexity index is 859. The molecule has 1 atom stereocenters. The van der Waals surface area contributed by atoms with Crippen molar-refractivity contribution in [3.63, 3.8) is 0 Å². The van der Waals surface area contributed by atoms with Gasteiger partial charge in [-0.05, 0) is 57.7 Å². The minimum absolute atomic E-state index is 0.136. The predicted molar refractivity (Wildman–Crippen MR) is 97.4 cm³/mol. The highest BCUT2D eigenvalue weighted by atomic mass is 16.5. The highest BCUT2D eigenvalue weighted by Crippen LogP contribution is 2.43. The molecule has 2 N–H and O–H groups in total. The van der Waals surface area contributed by atoms with Gasteiger partial charge in [0.15, 0.2) is 5.60 Å². The molecule has 1 aliphatic rings. The van der Waals surface area contributed by atoms with Crippen LogP contribution in [0.2, 0.25) is 0 Å². The van der Waals surface area contributed by atoms with Crippen LogP contribution in [0.1, 0.15) is 41.3 Å². The number of nitrogens with one attached hydrogen (secondary N) is 1. The number of hydrogen-bond donors (Lipinski definition) is 2. The summed E-state index contributed by atoms with van der Waals surface area (Å²) in [5.41, 5.74) is 3.44. The van der Waals surface area contributed by atoms with Crippen molar-refractivity contribution >= 4 is 5.91 Å². The van der Waals surface area contributed by atoms with Crippen LogP contribution in [-0.2, 0) is 17.8 Å². The van der Waals surface area contributed by atoms with Crippen molar-refractivity contribution in [2.75, 3.05) is 6.54 Å². The van der Waals surface area contributed by atoms with Gasteiger partial charge in [-0.1, -0.05) is 5.21 Å². The highest BCUT2D eigenvalue weighted by molar-refractivity contribution is 5.85. The average molecular weight is 358 g/mol. The summed E-state index contributed by atoms with van der Waals surface area (Å²) in [7, 11) is 0. The summed E-state index contributed by atoms with van der Waals surface area (Å²) in [5.74, 6) is 0.914. The Hall–Kier alpha value is -2.57. The maximum Gasteiger partial charge on any atom is 0.263 e. The molecule has 1 aromatic carbocycles. The van der Waals surface area contributed by atoms with Crippen LogP contribution in [0.5, 0.6) is 11.5 Å². The van der Waals surface area contributed by atoms with E-state index in [0.29, 0.717) is 31.7 Å². The number of carbonyl (C=O) groups excluding carboxylic acids is 1. The second kappa shape index (κ2) is 6.63. The molecule has 0 saturated carbocycles. The molecule has 0 spiro atoms. The number of phenols is 1. The van der Waals surface area contributed by atoms with E-state index in [4.69, 9.17) is 4.74 Å². The largest absolute Gasteiger partial charge is 0.507 e. The van der Waals surface area contributed by atoms with E-state index in [-0.39, 0.29) is 5.91 Å². The lowest BCUT2D eigenvalue weighted by atomic mass is 9.86. The molecule has 7 heteroatoms. The topological polar surface area (TPSA) is 89.3 Å². The smallest absolute Gasteiger partial charge is 0.263 e. The molecule has 1 aromatic heterocycles. The Kier molecular flexibility index (Phi) is 4.64. The second-order valence-corrected chi connectivity index (χ2v) is 7.24. The molecule has 0 bridgehead atoms. The molecule has 0 radical (unpaired) electrons. The number of carbonyl (C=O) groups is 1. The fourth-order valence-electron chi connectivity index (χ4n) is 3.38. The van der Waals surface area contributed by atoms with E-state index in [0.717, 1.165) is 33.7 Å². The van der Waals surface area contributed by atoms with Crippen LogP contribution in [0.3, 0.4) is 0 Å². The molecule has 1 aliphatic heterocycles. The number of ether oxygens (including phenoxy) is 1. The first-order chi connectivity index (χ1) is 12.2. The predicted octanol–water partition coefficient (Wildman–Crippen LogP) is 2.12. The van der Waals surface area contributed by atoms with E-state index in [9.17, 15) is 9.90 Å². The number of rotatable bonds is 4. The van der Waals surface area contributed by atoms with Crippen LogP contribution in [0.25, 0.3) is 0 Å². The lowest BCUT2D eigenvalue weighted by Crippen LogP contribution is -2.51. The molecule has 26 heavy (non-hydrogen) atoms. The summed E-state index contributed by atoms with van der Waals surface area (Å²) in [6.07, 6.45) is 3.10. The van der Waals surface area contributed by atoms with Crippen LogP contribution in [0, 0.1) is 27.7 Å². The standard InChI is InChI=1S/C19H26N4O3/c1-11-10-23(22-21-11)9-8-20-18(25)19(5)7-6-15-14(4)16(24)12(2)13(3)17(15)26-19/h10,24H,6-9H2,1-5H3,(H,20,25). The summed E-state index contributed by atoms with van der Waals surface area (Å²) in [5, 5.41) is 21.1. The van der Waals surface area contributed by atoms with Gasteiger partial charge >= 0.3 is 0 Å². The van der Waals surface area contributed by atoms with E-state index < -0.39 is 5.60 Å². The molecule has 0 fully saturated rings. The van der Waals surface area contributed by atoms with Gasteiger partial charge in [-0.3, -0.25) is 9.48 Å². The molecular weight excluding hydrogens is 332 g/mol. The van der Waals surface area contributed by atoms with Gasteiger partial charge in [0.1, 0.15) is 11.5 Å². The lowest BCUT2D eigenvalue weighted by molar-refractivity contribution is -0.136. The lowest BCUT2D eigenvalue weighted by Gasteiger charge is -2.36. The van der Waals surface area contributed by atoms with E-state index >= 15 is 0 Å². The molecule has 0 saturated heterocycles. The zero-order valence-corrected chi connectivity index (χ0v) is 16.0. The van der Waals surface area contributed by atoms with E-state index in [2.05, 4.69) is 15.6 Å². The fourth-order valence-corrected chi connectivity index (χ4v) is 3.38. The summed E-state index contributed by atoms with van der Waals surface area (Å²) in [6, 6.07) is 0. The Balaban J connectivity index is 1.72. The van der Waals surface area contributed by atoms with Crippen molar-refractivity contribution in [2.24, 2.45) is 0 Å². The fraction of sp³-hybridized carbons (Fsp3) is 0.526. The molecule has 3 rings (SSSR count). The number of fused-ring (bicyclic) bond motifs is 1. The first-order valence-corrected chi connectivity index (χ1v) is 8.88. The first kappa shape index (κ1) is 18.2. The third-order valence-electron chi connectivity index (χ3n) is 5.28. The van der Waals surface area contributed by atoms with Gasteiger partial charge in [0.05, 0.1) is 12.2 Å². The van der Waals surface area contributed by atoms with Gasteiger partial charge in [0.25, 0.3) is 5.91 Å². The summed E-state index contributed by atoms with van der Waals surface area (Å²) >= 11 is 0. The highest BCUT2D eigenvalue weighted by Gasteiger charge is 2.40. The molecule has 7 nitrogen and oxygen atoms in total. The minimum Gasteiger partial charge on any atom is -0.507 e. The van der Waals surface area contributed by atoms with Crippen LogP contribution < -0.4 is 10.1 Å². The molecule has 2 heterocycles. The van der Waals surface area contributed by atoms with Crippen LogP contribution in [-0.4, -0.2) is 38.2 Å². The SMILES string of the molecule is Cc1cn(CCNC(=O)C2(C)CCc3c(C)c(O)c(C)c(C)c3O2)nn1. The number of aromatic hydroxyl groups is 1. The number of phenolic OH excluding ortho intramolecular Hbond substituents is 1. The number of hydrogen-bond acceptors (Lipinski definition) is 5. The normalized spacial score (nSPS) is 19.0. The Morgan fingerprint density at radius 3 is 2.69 bits per heavy atom. The molecule has 140 valence electrons. The van der Waals surface area contributed by atoms with Gasteiger partial charge in [-0.2, -0.15) is 0 Å². The summed E-state index contributed by atoms with van der Waals surface area (Å²) in [6.45, 7) is 10.4. The zero-order valence-electron chi connectivity index (χ0n) is 16.0. The number of nitrogens with zero attached hydrogens (tertiary/aromatic N) is 3. The van der Waals surface area contributed by atoms with Gasteiger partial charge in [0, 0.05) is 24.7 Å². The Morgan fingerprint density at radius 1 is 1.31 bits per heavy atom. The third kappa shape index (κ3) is 3.13. The van der Waals surface area contributed by atoms with Crippen LogP contribution >= 0.6 is 0 Å². The van der Waals surface area contributed by atoms with E-state index in [1.54, 1.807) is 4.68 Å². The molecule has 1 amide bonds. The van der Waals surface area contributed by atoms with Crippen molar-refractivity contribution in [1.82, 2.24) is 20.3 Å². The van der Waals surface area contributed by atoms with Crippen molar-refractivity contribution in [3.05, 3.63) is 34.1 Å².